The largest absolute Gasteiger partial charge is 0.477 e. The van der Waals surface area contributed by atoms with Crippen LogP contribution in [0.5, 0.6) is 34.5 Å². The SMILES string of the molecule is FC(F)(F)COc1c(OCC(F)(F)F)c(OCC(F)(F)F)c(OCC(F)(F)F)c(OCC(F)(F)F)c1OCC(F)(F)F. The third-order valence-electron chi connectivity index (χ3n) is 3.52. The van der Waals surface area contributed by atoms with Gasteiger partial charge in [0.25, 0.3) is 0 Å². The van der Waals surface area contributed by atoms with Crippen LogP contribution in [0.1, 0.15) is 0 Å². The van der Waals surface area contributed by atoms with Gasteiger partial charge in [0, 0.05) is 0 Å². The molecule has 0 aliphatic rings. The van der Waals surface area contributed by atoms with Crippen molar-refractivity contribution in [2.24, 2.45) is 0 Å². The normalized spacial score (nSPS) is 13.6. The Balaban J connectivity index is 4.23. The van der Waals surface area contributed by atoms with Gasteiger partial charge in [-0.3, -0.25) is 0 Å². The molecule has 24 heteroatoms. The van der Waals surface area contributed by atoms with Gasteiger partial charge in [-0.1, -0.05) is 0 Å². The van der Waals surface area contributed by atoms with Crippen molar-refractivity contribution < 1.29 is 107 Å². The van der Waals surface area contributed by atoms with Crippen LogP contribution >= 0.6 is 0 Å². The summed E-state index contributed by atoms with van der Waals surface area (Å²) in [6, 6.07) is 0. The molecule has 0 amide bonds. The van der Waals surface area contributed by atoms with Crippen LogP contribution < -0.4 is 28.4 Å². The molecule has 0 spiro atoms. The molecule has 0 aliphatic heterocycles. The van der Waals surface area contributed by atoms with E-state index < -0.39 is 111 Å². The maximum Gasteiger partial charge on any atom is 0.422 e. The summed E-state index contributed by atoms with van der Waals surface area (Å²) >= 11 is 0. The van der Waals surface area contributed by atoms with Gasteiger partial charge in [0.15, 0.2) is 39.6 Å². The average Bonchev–Trinajstić information content (AvgIpc) is 2.72. The molecule has 0 heterocycles. The molecule has 6 nitrogen and oxygen atoms in total. The van der Waals surface area contributed by atoms with Gasteiger partial charge in [-0.25, -0.2) is 0 Å². The van der Waals surface area contributed by atoms with Gasteiger partial charge in [-0.05, 0) is 0 Å². The van der Waals surface area contributed by atoms with Gasteiger partial charge in [-0.2, -0.15) is 79.0 Å². The van der Waals surface area contributed by atoms with Gasteiger partial charge in [0.05, 0.1) is 0 Å². The zero-order valence-corrected chi connectivity index (χ0v) is 19.5. The highest BCUT2D eigenvalue weighted by Gasteiger charge is 2.42. The van der Waals surface area contributed by atoms with E-state index in [-0.39, 0.29) is 0 Å². The number of benzene rings is 1. The molecule has 0 atom stereocenters. The second kappa shape index (κ2) is 13.0. The van der Waals surface area contributed by atoms with Crippen molar-refractivity contribution in [2.75, 3.05) is 39.6 Å². The number of halogens is 18. The van der Waals surface area contributed by atoms with Crippen molar-refractivity contribution in [3.63, 3.8) is 0 Å². The fraction of sp³-hybridized carbons (Fsp3) is 0.667. The Morgan fingerprint density at radius 2 is 0.333 bits per heavy atom. The van der Waals surface area contributed by atoms with Crippen LogP contribution in [0.15, 0.2) is 0 Å². The van der Waals surface area contributed by atoms with Crippen LogP contribution in [0.25, 0.3) is 0 Å². The summed E-state index contributed by atoms with van der Waals surface area (Å²) in [5.41, 5.74) is 0. The van der Waals surface area contributed by atoms with E-state index in [4.69, 9.17) is 0 Å². The van der Waals surface area contributed by atoms with E-state index in [1.807, 2.05) is 0 Å². The van der Waals surface area contributed by atoms with Crippen molar-refractivity contribution in [1.29, 1.82) is 0 Å². The fourth-order valence-corrected chi connectivity index (χ4v) is 2.33. The van der Waals surface area contributed by atoms with E-state index in [2.05, 4.69) is 28.4 Å². The van der Waals surface area contributed by atoms with E-state index in [1.165, 1.54) is 0 Å². The standard InChI is InChI=1S/C18H12F18O6/c19-13(20,21)1-37-7-8(38-2-14(22,23)24)10(40-4-16(28,29)30)12(42-6-18(34,35)36)11(41-5-17(31,32)33)9(7)39-3-15(25,26)27/h1-6H2. The molecule has 246 valence electrons. The summed E-state index contributed by atoms with van der Waals surface area (Å²) < 4.78 is 255. The average molecular weight is 666 g/mol. The maximum atomic E-state index is 12.8. The van der Waals surface area contributed by atoms with Crippen molar-refractivity contribution in [3.05, 3.63) is 0 Å². The highest BCUT2D eigenvalue weighted by atomic mass is 19.4. The zero-order chi connectivity index (χ0) is 32.9. The quantitative estimate of drug-likeness (QED) is 0.218. The monoisotopic (exact) mass is 666 g/mol. The van der Waals surface area contributed by atoms with E-state index in [9.17, 15) is 79.0 Å². The Morgan fingerprint density at radius 3 is 0.405 bits per heavy atom. The summed E-state index contributed by atoms with van der Waals surface area (Å²) in [4.78, 5) is 0. The molecule has 42 heavy (non-hydrogen) atoms. The fourth-order valence-electron chi connectivity index (χ4n) is 2.33. The van der Waals surface area contributed by atoms with Crippen LogP contribution in [0.3, 0.4) is 0 Å². The summed E-state index contributed by atoms with van der Waals surface area (Å²) in [6.07, 6.45) is -33.4. The first-order valence-corrected chi connectivity index (χ1v) is 9.98. The molecule has 0 N–H and O–H groups in total. The number of alkyl halides is 18. The summed E-state index contributed by atoms with van der Waals surface area (Å²) in [6.45, 7) is -16.4. The highest BCUT2D eigenvalue weighted by molar-refractivity contribution is 5.73. The molecule has 1 rings (SSSR count). The summed E-state index contributed by atoms with van der Waals surface area (Å²) in [5, 5.41) is 0. The lowest BCUT2D eigenvalue weighted by Gasteiger charge is -2.26. The minimum Gasteiger partial charge on any atom is -0.477 e. The first kappa shape index (κ1) is 36.8. The second-order valence-corrected chi connectivity index (χ2v) is 7.40. The molecule has 0 saturated heterocycles. The minimum absolute atomic E-state index is 2.24. The number of rotatable bonds is 12. The molecular formula is C18H12F18O6. The van der Waals surface area contributed by atoms with E-state index >= 15 is 0 Å². The predicted octanol–water partition coefficient (Wildman–Crippen LogP) is 7.33. The molecule has 0 fully saturated rings. The molecule has 0 aromatic heterocycles. The lowest BCUT2D eigenvalue weighted by Crippen LogP contribution is -2.26. The molecule has 0 bridgehead atoms. The van der Waals surface area contributed by atoms with Crippen LogP contribution in [0, 0.1) is 0 Å². The van der Waals surface area contributed by atoms with Gasteiger partial charge in [-0.15, -0.1) is 0 Å². The summed E-state index contributed by atoms with van der Waals surface area (Å²) in [5.74, 6) is -13.4. The third kappa shape index (κ3) is 14.6. The molecule has 1 aromatic rings. The van der Waals surface area contributed by atoms with Gasteiger partial charge in [0.1, 0.15) is 0 Å². The molecular weight excluding hydrogens is 654 g/mol. The predicted molar refractivity (Wildman–Crippen MR) is 95.7 cm³/mol. The van der Waals surface area contributed by atoms with Crippen molar-refractivity contribution >= 4 is 0 Å². The van der Waals surface area contributed by atoms with E-state index in [1.54, 1.807) is 0 Å². The van der Waals surface area contributed by atoms with Crippen molar-refractivity contribution in [3.8, 4) is 34.5 Å². The molecule has 0 saturated carbocycles. The molecule has 0 aliphatic carbocycles. The molecule has 0 radical (unpaired) electrons. The zero-order valence-electron chi connectivity index (χ0n) is 19.5. The van der Waals surface area contributed by atoms with E-state index in [0.717, 1.165) is 0 Å². The molecule has 0 unspecified atom stereocenters. The van der Waals surface area contributed by atoms with Crippen LogP contribution in [0.4, 0.5) is 79.0 Å². The lowest BCUT2D eigenvalue weighted by atomic mass is 10.2. The smallest absolute Gasteiger partial charge is 0.422 e. The Kier molecular flexibility index (Phi) is 11.3. The Hall–Kier alpha value is -3.24. The topological polar surface area (TPSA) is 55.4 Å². The van der Waals surface area contributed by atoms with Crippen LogP contribution in [0.2, 0.25) is 0 Å². The third-order valence-corrected chi connectivity index (χ3v) is 3.52. The van der Waals surface area contributed by atoms with Crippen molar-refractivity contribution in [1.82, 2.24) is 0 Å². The first-order chi connectivity index (χ1) is 18.6. The molecule has 1 aromatic carbocycles. The van der Waals surface area contributed by atoms with Gasteiger partial charge < -0.3 is 28.4 Å². The van der Waals surface area contributed by atoms with Gasteiger partial charge in [0.2, 0.25) is 34.5 Å². The second-order valence-electron chi connectivity index (χ2n) is 7.40. The number of hydrogen-bond donors (Lipinski definition) is 0. The summed E-state index contributed by atoms with van der Waals surface area (Å²) in [7, 11) is 0. The van der Waals surface area contributed by atoms with Crippen LogP contribution in [-0.4, -0.2) is 76.7 Å². The number of hydrogen-bond acceptors (Lipinski definition) is 6. The Labute approximate surface area is 219 Å². The Morgan fingerprint density at radius 1 is 0.238 bits per heavy atom. The van der Waals surface area contributed by atoms with Gasteiger partial charge >= 0.3 is 37.1 Å². The van der Waals surface area contributed by atoms with Crippen molar-refractivity contribution in [2.45, 2.75) is 37.1 Å². The van der Waals surface area contributed by atoms with Crippen LogP contribution in [-0.2, 0) is 0 Å². The highest BCUT2D eigenvalue weighted by Crippen LogP contribution is 2.59. The maximum absolute atomic E-state index is 12.8. The lowest BCUT2D eigenvalue weighted by molar-refractivity contribution is -0.165. The number of ether oxygens (including phenoxy) is 6. The minimum atomic E-state index is -5.56. The Bertz CT molecular complexity index is 790. The first-order valence-electron chi connectivity index (χ1n) is 9.98. The van der Waals surface area contributed by atoms with E-state index in [0.29, 0.717) is 0 Å².